The minimum atomic E-state index is -4.48. The summed E-state index contributed by atoms with van der Waals surface area (Å²) in [7, 11) is 0. The second kappa shape index (κ2) is 8.03. The Morgan fingerprint density at radius 1 is 1.29 bits per heavy atom. The van der Waals surface area contributed by atoms with Gasteiger partial charge in [0, 0.05) is 30.5 Å². The maximum Gasteiger partial charge on any atom is 0.514 e. The van der Waals surface area contributed by atoms with Crippen LogP contribution < -0.4 is 4.74 Å². The number of hydrogen-bond donors (Lipinski definition) is 0. The van der Waals surface area contributed by atoms with Crippen LogP contribution >= 0.6 is 0 Å². The summed E-state index contributed by atoms with van der Waals surface area (Å²) in [5.74, 6) is 0.0433. The molecule has 0 radical (unpaired) electrons. The monoisotopic (exact) mass is 403 g/mol. The Kier molecular flexibility index (Phi) is 6.15. The molecule has 0 N–H and O–H groups in total. The van der Waals surface area contributed by atoms with Crippen LogP contribution in [-0.4, -0.2) is 47.2 Å². The molecule has 28 heavy (non-hydrogen) atoms. The molecule has 1 aliphatic heterocycles. The number of hydrogen-bond acceptors (Lipinski definition) is 7. The fourth-order valence-corrected chi connectivity index (χ4v) is 2.39. The van der Waals surface area contributed by atoms with Gasteiger partial charge in [-0.3, -0.25) is 15.1 Å². The van der Waals surface area contributed by atoms with Crippen LogP contribution in [0.2, 0.25) is 0 Å². The number of rotatable bonds is 5. The molecule has 1 heterocycles. The third kappa shape index (κ3) is 5.83. The van der Waals surface area contributed by atoms with Crippen LogP contribution in [-0.2, 0) is 4.74 Å². The number of nitro groups is 1. The van der Waals surface area contributed by atoms with Crippen molar-refractivity contribution in [2.75, 3.05) is 13.1 Å². The standard InChI is InChI=1S/C17H20F3N3O5/c1-16(2,3)14(10-22-9-8-13(21-22)17(18,19)20)28-15(24)27-12-6-4-11(5-7-12)23(25)26/h4-7,14H,8-10H2,1-3H3/t14-/m1/s1. The molecule has 8 nitrogen and oxygen atoms in total. The second-order valence-corrected chi connectivity index (χ2v) is 7.28. The molecule has 0 unspecified atom stereocenters. The Labute approximate surface area is 159 Å². The van der Waals surface area contributed by atoms with Gasteiger partial charge in [-0.1, -0.05) is 20.8 Å². The lowest BCUT2D eigenvalue weighted by Crippen LogP contribution is -2.40. The third-order valence-corrected chi connectivity index (χ3v) is 4.03. The summed E-state index contributed by atoms with van der Waals surface area (Å²) in [6.45, 7) is 5.34. The van der Waals surface area contributed by atoms with Gasteiger partial charge in [0.1, 0.15) is 17.6 Å². The highest BCUT2D eigenvalue weighted by molar-refractivity contribution is 5.90. The molecule has 0 saturated carbocycles. The van der Waals surface area contributed by atoms with Crippen molar-refractivity contribution in [3.05, 3.63) is 34.4 Å². The summed E-state index contributed by atoms with van der Waals surface area (Å²) in [5.41, 5.74) is -1.63. The number of carbonyl (C=O) groups is 1. The molecule has 0 amide bonds. The van der Waals surface area contributed by atoms with Crippen molar-refractivity contribution in [1.29, 1.82) is 0 Å². The van der Waals surface area contributed by atoms with Crippen molar-refractivity contribution in [2.24, 2.45) is 10.5 Å². The predicted molar refractivity (Wildman–Crippen MR) is 93.1 cm³/mol. The number of hydrazone groups is 1. The van der Waals surface area contributed by atoms with E-state index in [0.29, 0.717) is 0 Å². The minimum Gasteiger partial charge on any atom is -0.428 e. The van der Waals surface area contributed by atoms with Gasteiger partial charge in [0.05, 0.1) is 11.5 Å². The molecule has 1 atom stereocenters. The Morgan fingerprint density at radius 2 is 1.89 bits per heavy atom. The molecule has 1 aromatic rings. The molecule has 0 bridgehead atoms. The van der Waals surface area contributed by atoms with Crippen molar-refractivity contribution < 1.29 is 32.4 Å². The smallest absolute Gasteiger partial charge is 0.428 e. The van der Waals surface area contributed by atoms with Crippen LogP contribution in [0.5, 0.6) is 5.75 Å². The summed E-state index contributed by atoms with van der Waals surface area (Å²) < 4.78 is 48.5. The Balaban J connectivity index is 2.01. The molecule has 0 saturated heterocycles. The zero-order chi connectivity index (χ0) is 21.1. The summed E-state index contributed by atoms with van der Waals surface area (Å²) in [6, 6.07) is 4.82. The van der Waals surface area contributed by atoms with E-state index in [0.717, 1.165) is 0 Å². The van der Waals surface area contributed by atoms with Crippen LogP contribution in [0.25, 0.3) is 0 Å². The van der Waals surface area contributed by atoms with Gasteiger partial charge < -0.3 is 9.47 Å². The van der Waals surface area contributed by atoms with Gasteiger partial charge >= 0.3 is 12.3 Å². The molecule has 0 aromatic heterocycles. The maximum atomic E-state index is 12.7. The highest BCUT2D eigenvalue weighted by Gasteiger charge is 2.40. The van der Waals surface area contributed by atoms with E-state index >= 15 is 0 Å². The molecule has 1 aromatic carbocycles. The number of ether oxygens (including phenoxy) is 2. The first-order valence-corrected chi connectivity index (χ1v) is 8.39. The lowest BCUT2D eigenvalue weighted by atomic mass is 9.89. The summed E-state index contributed by atoms with van der Waals surface area (Å²) in [5, 5.41) is 15.4. The van der Waals surface area contributed by atoms with Gasteiger partial charge in [-0.2, -0.15) is 18.3 Å². The largest absolute Gasteiger partial charge is 0.514 e. The summed E-state index contributed by atoms with van der Waals surface area (Å²) in [4.78, 5) is 22.1. The van der Waals surface area contributed by atoms with Gasteiger partial charge in [0.2, 0.25) is 0 Å². The van der Waals surface area contributed by atoms with Gasteiger partial charge in [0.25, 0.3) is 5.69 Å². The molecule has 11 heteroatoms. The molecular weight excluding hydrogens is 383 g/mol. The van der Waals surface area contributed by atoms with E-state index in [4.69, 9.17) is 9.47 Å². The lowest BCUT2D eigenvalue weighted by molar-refractivity contribution is -0.384. The van der Waals surface area contributed by atoms with Gasteiger partial charge in [-0.15, -0.1) is 0 Å². The number of halogens is 3. The van der Waals surface area contributed by atoms with Crippen molar-refractivity contribution in [3.8, 4) is 5.75 Å². The van der Waals surface area contributed by atoms with Crippen LogP contribution in [0.4, 0.5) is 23.7 Å². The molecule has 0 fully saturated rings. The number of nitro benzene ring substituents is 1. The average Bonchev–Trinajstić information content (AvgIpc) is 3.03. The molecule has 0 spiro atoms. The summed E-state index contributed by atoms with van der Waals surface area (Å²) >= 11 is 0. The predicted octanol–water partition coefficient (Wildman–Crippen LogP) is 4.15. The molecule has 154 valence electrons. The van der Waals surface area contributed by atoms with Gasteiger partial charge in [-0.05, 0) is 12.1 Å². The number of carbonyl (C=O) groups excluding carboxylic acids is 1. The molecule has 1 aliphatic rings. The maximum absolute atomic E-state index is 12.7. The quantitative estimate of drug-likeness (QED) is 0.317. The second-order valence-electron chi connectivity index (χ2n) is 7.28. The van der Waals surface area contributed by atoms with E-state index in [1.165, 1.54) is 29.3 Å². The fourth-order valence-electron chi connectivity index (χ4n) is 2.39. The molecule has 0 aliphatic carbocycles. The highest BCUT2D eigenvalue weighted by Crippen LogP contribution is 2.28. The number of benzene rings is 1. The third-order valence-electron chi connectivity index (χ3n) is 4.03. The van der Waals surface area contributed by atoms with E-state index in [2.05, 4.69) is 5.10 Å². The average molecular weight is 403 g/mol. The van der Waals surface area contributed by atoms with Crippen molar-refractivity contribution in [2.45, 2.75) is 39.5 Å². The fraction of sp³-hybridized carbons (Fsp3) is 0.529. The SMILES string of the molecule is CC(C)(C)[C@@H](CN1CCC(C(F)(F)F)=N1)OC(=O)Oc1ccc([N+](=O)[O-])cc1. The molecule has 2 rings (SSSR count). The minimum absolute atomic E-state index is 0.0293. The van der Waals surface area contributed by atoms with Crippen LogP contribution in [0.15, 0.2) is 29.4 Å². The van der Waals surface area contributed by atoms with Crippen LogP contribution in [0, 0.1) is 15.5 Å². The van der Waals surface area contributed by atoms with Gasteiger partial charge in [-0.25, -0.2) is 4.79 Å². The Bertz CT molecular complexity index is 757. The van der Waals surface area contributed by atoms with E-state index < -0.39 is 34.5 Å². The lowest BCUT2D eigenvalue weighted by Gasteiger charge is -2.32. The zero-order valence-corrected chi connectivity index (χ0v) is 15.5. The normalized spacial score (nSPS) is 15.8. The van der Waals surface area contributed by atoms with E-state index in [1.807, 2.05) is 0 Å². The summed E-state index contributed by atoms with van der Waals surface area (Å²) in [6.07, 6.45) is -6.57. The van der Waals surface area contributed by atoms with E-state index in [9.17, 15) is 28.1 Å². The zero-order valence-electron chi connectivity index (χ0n) is 15.5. The Hall–Kier alpha value is -2.85. The Morgan fingerprint density at radius 3 is 2.36 bits per heavy atom. The van der Waals surface area contributed by atoms with E-state index in [1.54, 1.807) is 20.8 Å². The first-order chi connectivity index (χ1) is 12.9. The van der Waals surface area contributed by atoms with Crippen molar-refractivity contribution in [3.63, 3.8) is 0 Å². The van der Waals surface area contributed by atoms with Crippen molar-refractivity contribution in [1.82, 2.24) is 5.01 Å². The van der Waals surface area contributed by atoms with Gasteiger partial charge in [0.15, 0.2) is 0 Å². The van der Waals surface area contributed by atoms with E-state index in [-0.39, 0.29) is 30.9 Å². The number of nitrogens with zero attached hydrogens (tertiary/aromatic N) is 3. The number of non-ortho nitro benzene ring substituents is 1. The first kappa shape index (κ1) is 21.5. The van der Waals surface area contributed by atoms with Crippen LogP contribution in [0.3, 0.4) is 0 Å². The first-order valence-electron chi connectivity index (χ1n) is 8.39. The van der Waals surface area contributed by atoms with Crippen molar-refractivity contribution >= 4 is 17.6 Å². The van der Waals surface area contributed by atoms with Crippen LogP contribution in [0.1, 0.15) is 27.2 Å². The topological polar surface area (TPSA) is 94.3 Å². The number of alkyl halides is 3. The highest BCUT2D eigenvalue weighted by atomic mass is 19.4. The molecular formula is C17H20F3N3O5.